The van der Waals surface area contributed by atoms with Gasteiger partial charge in [0.05, 0.1) is 11.0 Å². The predicted molar refractivity (Wildman–Crippen MR) is 91.4 cm³/mol. The van der Waals surface area contributed by atoms with E-state index in [4.69, 9.17) is 10.7 Å². The van der Waals surface area contributed by atoms with Crippen molar-refractivity contribution in [1.29, 1.82) is 0 Å². The van der Waals surface area contributed by atoms with Crippen molar-refractivity contribution in [3.63, 3.8) is 0 Å². The van der Waals surface area contributed by atoms with E-state index in [1.165, 1.54) is 0 Å². The van der Waals surface area contributed by atoms with Gasteiger partial charge in [0.15, 0.2) is 5.82 Å². The van der Waals surface area contributed by atoms with Gasteiger partial charge in [-0.05, 0) is 24.1 Å². The molecule has 0 amide bonds. The van der Waals surface area contributed by atoms with Crippen molar-refractivity contribution in [3.05, 3.63) is 28.5 Å². The molecule has 0 fully saturated rings. The van der Waals surface area contributed by atoms with Crippen LogP contribution >= 0.6 is 15.9 Å². The molecule has 3 rings (SSSR count). The largest absolute Gasteiger partial charge is 0.382 e. The van der Waals surface area contributed by atoms with E-state index in [1.54, 1.807) is 0 Å². The molecule has 0 saturated carbocycles. The zero-order chi connectivity index (χ0) is 15.1. The zero-order valence-electron chi connectivity index (χ0n) is 12.5. The third kappa shape index (κ3) is 2.39. The Bertz CT molecular complexity index is 820. The minimum atomic E-state index is 0.511. The molecule has 2 aromatic heterocycles. The number of hydrogen-bond donors (Lipinski definition) is 1. The summed E-state index contributed by atoms with van der Waals surface area (Å²) in [5.41, 5.74) is 8.96. The van der Waals surface area contributed by atoms with E-state index in [-0.39, 0.29) is 0 Å². The third-order valence-electron chi connectivity index (χ3n) is 3.61. The molecule has 4 nitrogen and oxygen atoms in total. The van der Waals surface area contributed by atoms with Crippen LogP contribution in [0.3, 0.4) is 0 Å². The molecule has 2 N–H and O–H groups in total. The van der Waals surface area contributed by atoms with Crippen LogP contribution in [-0.2, 0) is 13.0 Å². The summed E-state index contributed by atoms with van der Waals surface area (Å²) in [6.45, 7) is 7.49. The van der Waals surface area contributed by atoms with Gasteiger partial charge in [-0.2, -0.15) is 0 Å². The summed E-state index contributed by atoms with van der Waals surface area (Å²) in [6, 6.07) is 6.08. The highest BCUT2D eigenvalue weighted by Crippen LogP contribution is 2.31. The van der Waals surface area contributed by atoms with Crippen LogP contribution in [0.2, 0.25) is 0 Å². The van der Waals surface area contributed by atoms with Gasteiger partial charge in [-0.1, -0.05) is 36.7 Å². The molecule has 0 aliphatic rings. The van der Waals surface area contributed by atoms with Crippen molar-refractivity contribution in [2.45, 2.75) is 33.7 Å². The third-order valence-corrected chi connectivity index (χ3v) is 4.10. The lowest BCUT2D eigenvalue weighted by Gasteiger charge is -2.12. The van der Waals surface area contributed by atoms with Crippen molar-refractivity contribution in [1.82, 2.24) is 14.5 Å². The van der Waals surface area contributed by atoms with Crippen LogP contribution in [0.5, 0.6) is 0 Å². The molecule has 2 heterocycles. The van der Waals surface area contributed by atoms with E-state index in [0.717, 1.165) is 45.2 Å². The van der Waals surface area contributed by atoms with Crippen LogP contribution in [0.15, 0.2) is 22.7 Å². The number of hydrogen-bond acceptors (Lipinski definition) is 3. The molecular formula is C16H19BrN4. The number of fused-ring (bicyclic) bond motifs is 3. The van der Waals surface area contributed by atoms with Gasteiger partial charge in [-0.15, -0.1) is 0 Å². The summed E-state index contributed by atoms with van der Waals surface area (Å²) < 4.78 is 3.34. The first-order valence-corrected chi connectivity index (χ1v) is 8.04. The summed E-state index contributed by atoms with van der Waals surface area (Å²) in [5.74, 6) is 2.13. The van der Waals surface area contributed by atoms with Gasteiger partial charge in [0.1, 0.15) is 11.3 Å². The van der Waals surface area contributed by atoms with Crippen molar-refractivity contribution in [2.75, 3.05) is 5.73 Å². The Morgan fingerprint density at radius 2 is 2.05 bits per heavy atom. The highest BCUT2D eigenvalue weighted by Gasteiger charge is 2.17. The van der Waals surface area contributed by atoms with E-state index in [0.29, 0.717) is 11.7 Å². The smallest absolute Gasteiger partial charge is 0.152 e. The second-order valence-corrected chi connectivity index (χ2v) is 6.66. The van der Waals surface area contributed by atoms with Crippen LogP contribution in [0.4, 0.5) is 5.82 Å². The monoisotopic (exact) mass is 346 g/mol. The van der Waals surface area contributed by atoms with Crippen LogP contribution in [0.25, 0.3) is 21.9 Å². The molecule has 110 valence electrons. The minimum absolute atomic E-state index is 0.511. The molecule has 3 aromatic rings. The average molecular weight is 347 g/mol. The number of pyridine rings is 1. The first-order valence-electron chi connectivity index (χ1n) is 7.25. The Labute approximate surface area is 132 Å². The summed E-state index contributed by atoms with van der Waals surface area (Å²) in [5, 5.41) is 1.10. The van der Waals surface area contributed by atoms with E-state index >= 15 is 0 Å². The molecular weight excluding hydrogens is 328 g/mol. The summed E-state index contributed by atoms with van der Waals surface area (Å²) in [7, 11) is 0. The number of nitrogens with zero attached hydrogens (tertiary/aromatic N) is 3. The van der Waals surface area contributed by atoms with Crippen molar-refractivity contribution in [3.8, 4) is 0 Å². The fourth-order valence-electron chi connectivity index (χ4n) is 2.76. The Hall–Kier alpha value is -1.62. The van der Waals surface area contributed by atoms with Gasteiger partial charge in [-0.3, -0.25) is 0 Å². The standard InChI is InChI=1S/C16H19BrN4/c1-4-13-20-14-15(21(13)8-9(2)3)11-7-10(17)5-6-12(11)19-16(14)18/h5-7,9H,4,8H2,1-3H3,(H2,18,19). The Morgan fingerprint density at radius 3 is 2.71 bits per heavy atom. The predicted octanol–water partition coefficient (Wildman–Crippen LogP) is 4.15. The molecule has 0 radical (unpaired) electrons. The summed E-state index contributed by atoms with van der Waals surface area (Å²) in [4.78, 5) is 9.22. The van der Waals surface area contributed by atoms with Gasteiger partial charge in [0.25, 0.3) is 0 Å². The number of imidazole rings is 1. The zero-order valence-corrected chi connectivity index (χ0v) is 14.1. The van der Waals surface area contributed by atoms with Gasteiger partial charge < -0.3 is 10.3 Å². The quantitative estimate of drug-likeness (QED) is 0.774. The van der Waals surface area contributed by atoms with Crippen molar-refractivity contribution in [2.24, 2.45) is 5.92 Å². The lowest BCUT2D eigenvalue weighted by atomic mass is 10.1. The normalized spacial score (nSPS) is 11.9. The molecule has 0 saturated heterocycles. The molecule has 21 heavy (non-hydrogen) atoms. The highest BCUT2D eigenvalue weighted by atomic mass is 79.9. The SMILES string of the molecule is CCc1nc2c(N)nc3ccc(Br)cc3c2n1CC(C)C. The number of rotatable bonds is 3. The number of aryl methyl sites for hydroxylation is 1. The van der Waals surface area contributed by atoms with Crippen LogP contribution < -0.4 is 5.73 Å². The maximum Gasteiger partial charge on any atom is 0.152 e. The maximum absolute atomic E-state index is 6.13. The summed E-state index contributed by atoms with van der Waals surface area (Å²) >= 11 is 3.55. The molecule has 0 aliphatic heterocycles. The lowest BCUT2D eigenvalue weighted by molar-refractivity contribution is 0.519. The number of nitrogens with two attached hydrogens (primary N) is 1. The van der Waals surface area contributed by atoms with E-state index < -0.39 is 0 Å². The van der Waals surface area contributed by atoms with Gasteiger partial charge >= 0.3 is 0 Å². The van der Waals surface area contributed by atoms with Crippen molar-refractivity contribution >= 4 is 43.7 Å². The average Bonchev–Trinajstić information content (AvgIpc) is 2.79. The second-order valence-electron chi connectivity index (χ2n) is 5.74. The molecule has 0 aliphatic carbocycles. The van der Waals surface area contributed by atoms with Gasteiger partial charge in [-0.25, -0.2) is 9.97 Å². The summed E-state index contributed by atoms with van der Waals surface area (Å²) in [6.07, 6.45) is 0.885. The van der Waals surface area contributed by atoms with Crippen LogP contribution in [0, 0.1) is 5.92 Å². The fourth-order valence-corrected chi connectivity index (χ4v) is 3.12. The van der Waals surface area contributed by atoms with E-state index in [2.05, 4.69) is 52.3 Å². The fraction of sp³-hybridized carbons (Fsp3) is 0.375. The van der Waals surface area contributed by atoms with E-state index in [9.17, 15) is 0 Å². The second kappa shape index (κ2) is 5.30. The number of anilines is 1. The van der Waals surface area contributed by atoms with Gasteiger partial charge in [0.2, 0.25) is 0 Å². The van der Waals surface area contributed by atoms with Crippen LogP contribution in [0.1, 0.15) is 26.6 Å². The molecule has 0 unspecified atom stereocenters. The van der Waals surface area contributed by atoms with Crippen molar-refractivity contribution < 1.29 is 0 Å². The first kappa shape index (κ1) is 14.3. The Balaban J connectivity index is 2.46. The Kier molecular flexibility index (Phi) is 3.61. The molecule has 5 heteroatoms. The van der Waals surface area contributed by atoms with E-state index in [1.807, 2.05) is 12.1 Å². The maximum atomic E-state index is 6.13. The number of benzene rings is 1. The van der Waals surface area contributed by atoms with Crippen LogP contribution in [-0.4, -0.2) is 14.5 Å². The highest BCUT2D eigenvalue weighted by molar-refractivity contribution is 9.10. The molecule has 0 atom stereocenters. The lowest BCUT2D eigenvalue weighted by Crippen LogP contribution is -2.08. The van der Waals surface area contributed by atoms with Gasteiger partial charge in [0, 0.05) is 22.8 Å². The first-order chi connectivity index (χ1) is 10.0. The number of halogens is 1. The molecule has 0 spiro atoms. The topological polar surface area (TPSA) is 56.7 Å². The number of aromatic nitrogens is 3. The molecule has 1 aromatic carbocycles. The molecule has 0 bridgehead atoms. The Morgan fingerprint density at radius 1 is 1.29 bits per heavy atom. The minimum Gasteiger partial charge on any atom is -0.382 e. The number of nitrogen functional groups attached to an aromatic ring is 1.